The molecule has 6 heteroatoms. The number of halogens is 1. The zero-order valence-corrected chi connectivity index (χ0v) is 19.8. The van der Waals surface area contributed by atoms with Crippen molar-refractivity contribution < 1.29 is 0 Å². The van der Waals surface area contributed by atoms with E-state index in [1.54, 1.807) is 11.5 Å². The van der Waals surface area contributed by atoms with Crippen LogP contribution in [0.5, 0.6) is 0 Å². The van der Waals surface area contributed by atoms with Crippen LogP contribution in [-0.2, 0) is 11.8 Å². The van der Waals surface area contributed by atoms with E-state index in [4.69, 9.17) is 16.0 Å². The maximum absolute atomic E-state index is 6.68. The van der Waals surface area contributed by atoms with Crippen molar-refractivity contribution in [1.29, 1.82) is 0 Å². The zero-order chi connectivity index (χ0) is 21.2. The van der Waals surface area contributed by atoms with Gasteiger partial charge in [-0.1, -0.05) is 43.6 Å². The normalized spacial score (nSPS) is 24.5. The molecule has 1 spiro atoms. The number of piperazine rings is 1. The third kappa shape index (κ3) is 3.16. The number of anilines is 2. The third-order valence-electron chi connectivity index (χ3n) is 7.92. The van der Waals surface area contributed by atoms with E-state index in [-0.39, 0.29) is 0 Å². The summed E-state index contributed by atoms with van der Waals surface area (Å²) >= 11 is 8.29. The number of nitrogens with one attached hydrogen (secondary N) is 1. The van der Waals surface area contributed by atoms with Crippen LogP contribution in [0, 0.1) is 5.41 Å². The first-order valence-electron chi connectivity index (χ1n) is 11.4. The molecule has 3 heterocycles. The van der Waals surface area contributed by atoms with E-state index in [0.29, 0.717) is 10.8 Å². The molecular formula is C25H29ClN4S. The van der Waals surface area contributed by atoms with Crippen molar-refractivity contribution in [3.05, 3.63) is 52.5 Å². The Morgan fingerprint density at radius 3 is 2.68 bits per heavy atom. The predicted molar refractivity (Wildman–Crippen MR) is 132 cm³/mol. The van der Waals surface area contributed by atoms with Crippen LogP contribution in [0.25, 0.3) is 10.1 Å². The van der Waals surface area contributed by atoms with Crippen LogP contribution in [0.1, 0.15) is 31.4 Å². The van der Waals surface area contributed by atoms with E-state index < -0.39 is 0 Å². The number of hydrogen-bond donors (Lipinski definition) is 1. The Kier molecular flexibility index (Phi) is 4.54. The molecule has 2 fully saturated rings. The highest BCUT2D eigenvalue weighted by Gasteiger charge is 2.64. The summed E-state index contributed by atoms with van der Waals surface area (Å²) in [6.45, 7) is 11.1. The molecule has 2 aliphatic heterocycles. The van der Waals surface area contributed by atoms with Gasteiger partial charge < -0.3 is 10.2 Å². The lowest BCUT2D eigenvalue weighted by atomic mass is 9.88. The van der Waals surface area contributed by atoms with Crippen LogP contribution < -0.4 is 10.2 Å². The van der Waals surface area contributed by atoms with Crippen LogP contribution in [0.3, 0.4) is 0 Å². The fraction of sp³-hybridized carbons (Fsp3) is 0.480. The highest BCUT2D eigenvalue weighted by molar-refractivity contribution is 7.13. The Hall–Kier alpha value is -1.82. The lowest BCUT2D eigenvalue weighted by molar-refractivity contribution is 0.260. The molecule has 6 rings (SSSR count). The minimum Gasteiger partial charge on any atom is -0.384 e. The van der Waals surface area contributed by atoms with Gasteiger partial charge in [-0.25, -0.2) is 0 Å². The van der Waals surface area contributed by atoms with E-state index in [9.17, 15) is 0 Å². The molecule has 31 heavy (non-hydrogen) atoms. The van der Waals surface area contributed by atoms with Crippen molar-refractivity contribution in [2.45, 2.75) is 32.1 Å². The molecule has 1 aromatic heterocycles. The molecule has 3 aromatic rings. The Morgan fingerprint density at radius 1 is 1.13 bits per heavy atom. The third-order valence-corrected chi connectivity index (χ3v) is 9.09. The molecule has 2 aromatic carbocycles. The van der Waals surface area contributed by atoms with Gasteiger partial charge in [-0.05, 0) is 59.1 Å². The highest BCUT2D eigenvalue weighted by Crippen LogP contribution is 2.67. The smallest absolute Gasteiger partial charge is 0.150 e. The molecule has 4 nitrogen and oxygen atoms in total. The second kappa shape index (κ2) is 7.09. The number of fused-ring (bicyclic) bond motifs is 3. The van der Waals surface area contributed by atoms with Crippen LogP contribution in [0.15, 0.2) is 36.4 Å². The average Bonchev–Trinajstić information content (AvgIpc) is 3.08. The molecule has 3 aliphatic rings. The van der Waals surface area contributed by atoms with Crippen LogP contribution in [0.4, 0.5) is 11.5 Å². The summed E-state index contributed by atoms with van der Waals surface area (Å²) in [4.78, 5) is 5.02. The van der Waals surface area contributed by atoms with Gasteiger partial charge in [0.15, 0.2) is 0 Å². The van der Waals surface area contributed by atoms with Gasteiger partial charge in [0, 0.05) is 60.8 Å². The summed E-state index contributed by atoms with van der Waals surface area (Å²) < 4.78 is 6.01. The van der Waals surface area contributed by atoms with Crippen molar-refractivity contribution in [2.75, 3.05) is 49.5 Å². The Morgan fingerprint density at radius 2 is 1.90 bits per heavy atom. The van der Waals surface area contributed by atoms with Gasteiger partial charge in [-0.2, -0.15) is 4.37 Å². The largest absolute Gasteiger partial charge is 0.384 e. The predicted octanol–water partition coefficient (Wildman–Crippen LogP) is 5.41. The molecule has 1 saturated carbocycles. The monoisotopic (exact) mass is 452 g/mol. The maximum atomic E-state index is 6.68. The Labute approximate surface area is 193 Å². The molecule has 1 N–H and O–H groups in total. The fourth-order valence-electron chi connectivity index (χ4n) is 5.73. The summed E-state index contributed by atoms with van der Waals surface area (Å²) in [5.41, 5.74) is 4.77. The summed E-state index contributed by atoms with van der Waals surface area (Å²) in [7, 11) is 0. The summed E-state index contributed by atoms with van der Waals surface area (Å²) in [6.07, 6.45) is 2.29. The van der Waals surface area contributed by atoms with Gasteiger partial charge in [-0.3, -0.25) is 4.90 Å². The SMILES string of the molecule is CC1(C)CC12CNc1cc(Cl)c(CCN3CCN(c4nsc5ccccc45)CC3)cc12. The zero-order valence-electron chi connectivity index (χ0n) is 18.2. The van der Waals surface area contributed by atoms with Gasteiger partial charge in [-0.15, -0.1) is 0 Å². The topological polar surface area (TPSA) is 31.4 Å². The molecule has 0 bridgehead atoms. The van der Waals surface area contributed by atoms with E-state index >= 15 is 0 Å². The van der Waals surface area contributed by atoms with Crippen molar-refractivity contribution >= 4 is 44.7 Å². The number of nitrogens with zero attached hydrogens (tertiary/aromatic N) is 3. The van der Waals surface area contributed by atoms with Crippen molar-refractivity contribution in [2.24, 2.45) is 5.41 Å². The number of hydrogen-bond acceptors (Lipinski definition) is 5. The van der Waals surface area contributed by atoms with Crippen molar-refractivity contribution in [3.8, 4) is 0 Å². The van der Waals surface area contributed by atoms with Crippen molar-refractivity contribution in [3.63, 3.8) is 0 Å². The lowest BCUT2D eigenvalue weighted by Gasteiger charge is -2.35. The molecule has 0 radical (unpaired) electrons. The van der Waals surface area contributed by atoms with Gasteiger partial charge in [0.25, 0.3) is 0 Å². The molecule has 1 unspecified atom stereocenters. The van der Waals surface area contributed by atoms with Gasteiger partial charge >= 0.3 is 0 Å². The van der Waals surface area contributed by atoms with Crippen molar-refractivity contribution in [1.82, 2.24) is 9.27 Å². The summed E-state index contributed by atoms with van der Waals surface area (Å²) in [5, 5.41) is 5.81. The van der Waals surface area contributed by atoms with Crippen LogP contribution in [-0.4, -0.2) is 48.5 Å². The van der Waals surface area contributed by atoms with E-state index in [0.717, 1.165) is 56.5 Å². The number of benzene rings is 2. The average molecular weight is 453 g/mol. The summed E-state index contributed by atoms with van der Waals surface area (Å²) in [5.74, 6) is 1.16. The van der Waals surface area contributed by atoms with Gasteiger partial charge in [0.2, 0.25) is 0 Å². The highest BCUT2D eigenvalue weighted by atomic mass is 35.5. The van der Waals surface area contributed by atoms with E-state index in [1.807, 2.05) is 0 Å². The van der Waals surface area contributed by atoms with Gasteiger partial charge in [0.05, 0.1) is 4.70 Å². The second-order valence-electron chi connectivity index (χ2n) is 10.1. The number of aromatic nitrogens is 1. The molecule has 1 aliphatic carbocycles. The Bertz CT molecular complexity index is 1150. The first-order chi connectivity index (χ1) is 15.0. The lowest BCUT2D eigenvalue weighted by Crippen LogP contribution is -2.47. The molecule has 0 amide bonds. The second-order valence-corrected chi connectivity index (χ2v) is 11.3. The number of rotatable bonds is 4. The van der Waals surface area contributed by atoms with Crippen LogP contribution in [0.2, 0.25) is 5.02 Å². The minimum atomic E-state index is 0.323. The molecule has 162 valence electrons. The first-order valence-corrected chi connectivity index (χ1v) is 12.5. The quantitative estimate of drug-likeness (QED) is 0.573. The first kappa shape index (κ1) is 19.8. The van der Waals surface area contributed by atoms with E-state index in [1.165, 1.54) is 33.3 Å². The molecule has 1 atom stereocenters. The fourth-order valence-corrected chi connectivity index (χ4v) is 6.78. The Balaban J connectivity index is 1.11. The standard InChI is InChI=1S/C25H29ClN4S/c1-24(2)15-25(24)16-27-21-14-20(26)17(13-19(21)25)7-8-29-9-11-30(12-10-29)23-18-5-3-4-6-22(18)31-28-23/h3-6,13-14,27H,7-12,15-16H2,1-2H3. The summed E-state index contributed by atoms with van der Waals surface area (Å²) in [6, 6.07) is 13.1. The van der Waals surface area contributed by atoms with E-state index in [2.05, 4.69) is 65.4 Å². The molecule has 1 saturated heterocycles. The molecular weight excluding hydrogens is 424 g/mol. The minimum absolute atomic E-state index is 0.323. The maximum Gasteiger partial charge on any atom is 0.150 e. The van der Waals surface area contributed by atoms with Gasteiger partial charge in [0.1, 0.15) is 5.82 Å². The van der Waals surface area contributed by atoms with Crippen LogP contribution >= 0.6 is 23.1 Å².